The predicted octanol–water partition coefficient (Wildman–Crippen LogP) is 5.51. The van der Waals surface area contributed by atoms with E-state index < -0.39 is 5.82 Å². The van der Waals surface area contributed by atoms with Crippen LogP contribution >= 0.6 is 11.6 Å². The molecule has 3 heterocycles. The summed E-state index contributed by atoms with van der Waals surface area (Å²) in [6.07, 6.45) is 7.80. The van der Waals surface area contributed by atoms with Crippen LogP contribution < -0.4 is 15.0 Å². The van der Waals surface area contributed by atoms with Crippen LogP contribution in [0.4, 0.5) is 10.2 Å². The van der Waals surface area contributed by atoms with Gasteiger partial charge in [0.2, 0.25) is 0 Å². The zero-order chi connectivity index (χ0) is 28.1. The SMILES string of the molecule is CN(C)CC1(COc2nc(N3CC4CCC(C3)N4)c3cc(Cl)c(-c4cc(O)ccc4C45CC(C4)C5)c(F)c3n2)CC1. The zero-order valence-electron chi connectivity index (χ0n) is 23.7. The summed E-state index contributed by atoms with van der Waals surface area (Å²) in [6, 6.07) is 8.14. The second-order valence-electron chi connectivity index (χ2n) is 13.8. The van der Waals surface area contributed by atoms with Gasteiger partial charge in [0.05, 0.1) is 11.6 Å². The average Bonchev–Trinajstić information content (AvgIpc) is 3.55. The highest BCUT2D eigenvalue weighted by Gasteiger charge is 2.58. The first-order valence-corrected chi connectivity index (χ1v) is 15.4. The Hall–Kier alpha value is -2.68. The Kier molecular flexibility index (Phi) is 5.80. The number of phenolic OH excluding ortho intramolecular Hbond substituents is 1. The van der Waals surface area contributed by atoms with Gasteiger partial charge in [-0.1, -0.05) is 17.7 Å². The van der Waals surface area contributed by atoms with E-state index in [0.717, 1.165) is 76.1 Å². The normalized spacial score (nSPS) is 29.0. The van der Waals surface area contributed by atoms with Gasteiger partial charge in [-0.15, -0.1) is 0 Å². The molecule has 2 N–H and O–H groups in total. The van der Waals surface area contributed by atoms with Crippen molar-refractivity contribution >= 4 is 28.3 Å². The molecule has 216 valence electrons. The molecule has 6 fully saturated rings. The van der Waals surface area contributed by atoms with Crippen molar-refractivity contribution < 1.29 is 14.2 Å². The molecule has 2 aromatic carbocycles. The average molecular weight is 578 g/mol. The Morgan fingerprint density at radius 1 is 1.12 bits per heavy atom. The molecular weight excluding hydrogens is 541 g/mol. The first-order chi connectivity index (χ1) is 19.7. The molecule has 0 spiro atoms. The van der Waals surface area contributed by atoms with E-state index in [2.05, 4.69) is 29.2 Å². The summed E-state index contributed by atoms with van der Waals surface area (Å²) in [6.45, 7) is 3.04. The fraction of sp³-hybridized carbons (Fsp3) is 0.562. The van der Waals surface area contributed by atoms with E-state index in [0.29, 0.717) is 46.0 Å². The van der Waals surface area contributed by atoms with Crippen LogP contribution in [0.1, 0.15) is 50.5 Å². The van der Waals surface area contributed by atoms with E-state index in [-0.39, 0.29) is 28.1 Å². The Morgan fingerprint density at radius 2 is 1.85 bits per heavy atom. The predicted molar refractivity (Wildman–Crippen MR) is 159 cm³/mol. The van der Waals surface area contributed by atoms with Crippen molar-refractivity contribution in [1.82, 2.24) is 20.2 Å². The van der Waals surface area contributed by atoms with Crippen LogP contribution in [-0.2, 0) is 5.41 Å². The van der Waals surface area contributed by atoms with Gasteiger partial charge in [0, 0.05) is 48.1 Å². The van der Waals surface area contributed by atoms with E-state index in [1.807, 2.05) is 12.1 Å². The second-order valence-corrected chi connectivity index (χ2v) is 14.2. The number of hydrogen-bond donors (Lipinski definition) is 2. The summed E-state index contributed by atoms with van der Waals surface area (Å²) in [5.74, 6) is 1.07. The van der Waals surface area contributed by atoms with Gasteiger partial charge in [-0.05, 0) is 99.7 Å². The van der Waals surface area contributed by atoms with Crippen molar-refractivity contribution in [3.63, 3.8) is 0 Å². The van der Waals surface area contributed by atoms with Gasteiger partial charge in [0.25, 0.3) is 0 Å². The third kappa shape index (κ3) is 4.28. The molecule has 4 aliphatic carbocycles. The highest BCUT2D eigenvalue weighted by atomic mass is 35.5. The summed E-state index contributed by atoms with van der Waals surface area (Å²) in [7, 11) is 4.15. The summed E-state index contributed by atoms with van der Waals surface area (Å²) < 4.78 is 23.1. The molecule has 9 heteroatoms. The molecule has 41 heavy (non-hydrogen) atoms. The molecule has 2 unspecified atom stereocenters. The number of rotatable bonds is 8. The van der Waals surface area contributed by atoms with Crippen molar-refractivity contribution in [1.29, 1.82) is 0 Å². The third-order valence-electron chi connectivity index (χ3n) is 10.4. The Labute approximate surface area is 245 Å². The number of halogens is 2. The number of nitrogens with one attached hydrogen (secondary N) is 1. The molecule has 9 rings (SSSR count). The van der Waals surface area contributed by atoms with Crippen LogP contribution in [0, 0.1) is 17.2 Å². The van der Waals surface area contributed by atoms with Gasteiger partial charge in [-0.3, -0.25) is 0 Å². The number of fused-ring (bicyclic) bond motifs is 3. The molecule has 1 aromatic heterocycles. The Bertz CT molecular complexity index is 1530. The molecule has 0 amide bonds. The van der Waals surface area contributed by atoms with Crippen molar-refractivity contribution in [2.45, 2.75) is 62.4 Å². The van der Waals surface area contributed by atoms with Crippen molar-refractivity contribution in [2.24, 2.45) is 11.3 Å². The second kappa shape index (κ2) is 9.16. The van der Waals surface area contributed by atoms with Gasteiger partial charge >= 0.3 is 6.01 Å². The van der Waals surface area contributed by atoms with E-state index in [1.54, 1.807) is 12.1 Å². The number of anilines is 1. The largest absolute Gasteiger partial charge is 0.508 e. The molecule has 2 aliphatic heterocycles. The fourth-order valence-electron chi connectivity index (χ4n) is 8.11. The van der Waals surface area contributed by atoms with Gasteiger partial charge in [-0.2, -0.15) is 9.97 Å². The summed E-state index contributed by atoms with van der Waals surface area (Å²) in [4.78, 5) is 14.0. The van der Waals surface area contributed by atoms with E-state index in [1.165, 1.54) is 0 Å². The summed E-state index contributed by atoms with van der Waals surface area (Å²) in [5.41, 5.74) is 2.42. The minimum Gasteiger partial charge on any atom is -0.508 e. The number of hydrogen-bond acceptors (Lipinski definition) is 7. The van der Waals surface area contributed by atoms with Crippen molar-refractivity contribution in [3.05, 3.63) is 40.7 Å². The van der Waals surface area contributed by atoms with E-state index in [4.69, 9.17) is 26.3 Å². The standard InChI is InChI=1S/C32H37ClFN5O2/c1-38(2)16-31(7-8-31)17-41-30-36-28-23(29(37-30)39-14-19-3-4-20(15-39)35-19)10-25(33)26(27(28)34)22-9-21(40)5-6-24(22)32-11-18(12-32)13-32/h5-6,9-10,18-20,35,40H,3-4,7-8,11-17H2,1-2H3. The Balaban J connectivity index is 1.25. The first kappa shape index (κ1) is 26.0. The molecule has 2 saturated heterocycles. The lowest BCUT2D eigenvalue weighted by atomic mass is 9.41. The smallest absolute Gasteiger partial charge is 0.319 e. The van der Waals surface area contributed by atoms with Gasteiger partial charge < -0.3 is 25.0 Å². The monoisotopic (exact) mass is 577 g/mol. The molecule has 0 radical (unpaired) electrons. The minimum absolute atomic E-state index is 0.0641. The van der Waals surface area contributed by atoms with Crippen LogP contribution in [0.2, 0.25) is 5.02 Å². The van der Waals surface area contributed by atoms with Crippen molar-refractivity contribution in [2.75, 3.05) is 45.2 Å². The number of aromatic nitrogens is 2. The third-order valence-corrected chi connectivity index (χ3v) is 10.7. The lowest BCUT2D eigenvalue weighted by Crippen LogP contribution is -2.55. The fourth-order valence-corrected chi connectivity index (χ4v) is 8.40. The zero-order valence-corrected chi connectivity index (χ0v) is 24.5. The number of aromatic hydroxyl groups is 1. The minimum atomic E-state index is -0.480. The van der Waals surface area contributed by atoms with Crippen LogP contribution in [0.25, 0.3) is 22.0 Å². The maximum atomic E-state index is 16.9. The topological polar surface area (TPSA) is 73.8 Å². The van der Waals surface area contributed by atoms with E-state index in [9.17, 15) is 5.11 Å². The van der Waals surface area contributed by atoms with Crippen LogP contribution in [-0.4, -0.2) is 72.4 Å². The summed E-state index contributed by atoms with van der Waals surface area (Å²) >= 11 is 6.95. The lowest BCUT2D eigenvalue weighted by Gasteiger charge is -2.62. The quantitative estimate of drug-likeness (QED) is 0.366. The maximum absolute atomic E-state index is 16.9. The van der Waals surface area contributed by atoms with Crippen LogP contribution in [0.5, 0.6) is 11.8 Å². The molecular formula is C32H37ClFN5O2. The Morgan fingerprint density at radius 3 is 2.49 bits per heavy atom. The van der Waals surface area contributed by atoms with Crippen molar-refractivity contribution in [3.8, 4) is 22.9 Å². The van der Waals surface area contributed by atoms with Gasteiger partial charge in [-0.25, -0.2) is 4.39 Å². The highest BCUT2D eigenvalue weighted by molar-refractivity contribution is 6.34. The first-order valence-electron chi connectivity index (χ1n) is 15.0. The number of phenols is 1. The molecule has 7 nitrogen and oxygen atoms in total. The van der Waals surface area contributed by atoms with Crippen LogP contribution in [0.3, 0.4) is 0 Å². The number of ether oxygens (including phenoxy) is 1. The van der Waals surface area contributed by atoms with Crippen LogP contribution in [0.15, 0.2) is 24.3 Å². The maximum Gasteiger partial charge on any atom is 0.319 e. The van der Waals surface area contributed by atoms with Gasteiger partial charge in [0.1, 0.15) is 17.1 Å². The number of nitrogens with zero attached hydrogens (tertiary/aromatic N) is 4. The molecule has 3 aromatic rings. The lowest BCUT2D eigenvalue weighted by molar-refractivity contribution is -0.0269. The van der Waals surface area contributed by atoms with E-state index >= 15 is 4.39 Å². The molecule has 4 saturated carbocycles. The summed E-state index contributed by atoms with van der Waals surface area (Å²) in [5, 5.41) is 15.1. The highest BCUT2D eigenvalue weighted by Crippen LogP contribution is 2.66. The number of benzene rings is 2. The molecule has 2 atom stereocenters. The number of piperazine rings is 1. The van der Waals surface area contributed by atoms with Gasteiger partial charge in [0.15, 0.2) is 5.82 Å². The molecule has 6 aliphatic rings. The molecule has 4 bridgehead atoms.